The maximum atomic E-state index is 12.5. The molecule has 0 saturated carbocycles. The molecule has 1 aromatic heterocycles. The third-order valence-corrected chi connectivity index (χ3v) is 5.62. The second-order valence-electron chi connectivity index (χ2n) is 4.69. The van der Waals surface area contributed by atoms with Crippen LogP contribution in [0.25, 0.3) is 0 Å². The largest absolute Gasteiger partial charge is 0.264 e. The summed E-state index contributed by atoms with van der Waals surface area (Å²) in [5.41, 5.74) is 2.51. The zero-order valence-electron chi connectivity index (χ0n) is 11.9. The molecule has 5 nitrogen and oxygen atoms in total. The number of sulfonamides is 1. The summed E-state index contributed by atoms with van der Waals surface area (Å²) in [5.74, 6) is 0. The molecule has 1 N–H and O–H groups in total. The molecule has 0 saturated heterocycles. The average Bonchev–Trinajstić information content (AvgIpc) is 2.73. The van der Waals surface area contributed by atoms with Crippen LogP contribution in [0.3, 0.4) is 0 Å². The lowest BCUT2D eigenvalue weighted by atomic mass is 10.1. The lowest BCUT2D eigenvalue weighted by molar-refractivity contribution is 0.600. The molecule has 1 heterocycles. The highest BCUT2D eigenvalue weighted by Crippen LogP contribution is 2.25. The third kappa shape index (κ3) is 2.99. The number of anilines is 1. The Kier molecular flexibility index (Phi) is 4.10. The van der Waals surface area contributed by atoms with Crippen LogP contribution in [0, 0.1) is 20.8 Å². The summed E-state index contributed by atoms with van der Waals surface area (Å²) >= 11 is 1.26. The van der Waals surface area contributed by atoms with E-state index in [1.807, 2.05) is 26.0 Å². The number of hydrogen-bond donors (Lipinski definition) is 1. The Hall–Kier alpha value is -1.47. The molecule has 0 radical (unpaired) electrons. The summed E-state index contributed by atoms with van der Waals surface area (Å²) in [7, 11) is -3.63. The fourth-order valence-corrected chi connectivity index (χ4v) is 4.56. The zero-order chi connectivity index (χ0) is 14.9. The first kappa shape index (κ1) is 14.9. The topological polar surface area (TPSA) is 72.0 Å². The molecule has 20 heavy (non-hydrogen) atoms. The van der Waals surface area contributed by atoms with Crippen LogP contribution in [0.2, 0.25) is 0 Å². The fourth-order valence-electron chi connectivity index (χ4n) is 2.19. The highest BCUT2D eigenvalue weighted by atomic mass is 32.2. The molecule has 2 aromatic rings. The van der Waals surface area contributed by atoms with Crippen LogP contribution < -0.4 is 4.72 Å². The maximum absolute atomic E-state index is 12.5. The fraction of sp³-hybridized carbons (Fsp3) is 0.385. The van der Waals surface area contributed by atoms with Crippen molar-refractivity contribution in [2.24, 2.45) is 0 Å². The number of aromatic nitrogens is 2. The van der Waals surface area contributed by atoms with E-state index in [0.29, 0.717) is 10.0 Å². The van der Waals surface area contributed by atoms with E-state index in [2.05, 4.69) is 14.9 Å². The Balaban J connectivity index is 2.40. The van der Waals surface area contributed by atoms with Crippen LogP contribution >= 0.6 is 11.3 Å². The van der Waals surface area contributed by atoms with Gasteiger partial charge in [-0.15, -0.1) is 10.2 Å². The smallest absolute Gasteiger partial charge is 0.253 e. The van der Waals surface area contributed by atoms with Crippen molar-refractivity contribution in [2.75, 3.05) is 4.72 Å². The summed E-state index contributed by atoms with van der Waals surface area (Å²) in [4.78, 5) is 0.316. The van der Waals surface area contributed by atoms with Crippen LogP contribution in [0.1, 0.15) is 28.6 Å². The Bertz CT molecular complexity index is 713. The highest BCUT2D eigenvalue weighted by Gasteiger charge is 2.21. The summed E-state index contributed by atoms with van der Waals surface area (Å²) in [6.07, 6.45) is 0.738. The number of rotatable bonds is 4. The van der Waals surface area contributed by atoms with Gasteiger partial charge in [-0.05, 0) is 38.3 Å². The first-order chi connectivity index (χ1) is 9.33. The summed E-state index contributed by atoms with van der Waals surface area (Å²) < 4.78 is 27.5. The summed E-state index contributed by atoms with van der Waals surface area (Å²) in [6, 6.07) is 3.72. The van der Waals surface area contributed by atoms with Crippen LogP contribution in [0.4, 0.5) is 5.13 Å². The van der Waals surface area contributed by atoms with Crippen molar-refractivity contribution in [1.82, 2.24) is 10.2 Å². The Morgan fingerprint density at radius 3 is 2.25 bits per heavy atom. The van der Waals surface area contributed by atoms with Gasteiger partial charge in [-0.1, -0.05) is 36.0 Å². The van der Waals surface area contributed by atoms with Gasteiger partial charge in [-0.3, -0.25) is 4.72 Å². The molecule has 0 bridgehead atoms. The van der Waals surface area contributed by atoms with Crippen molar-refractivity contribution in [3.05, 3.63) is 33.8 Å². The highest BCUT2D eigenvalue weighted by molar-refractivity contribution is 7.93. The quantitative estimate of drug-likeness (QED) is 0.942. The normalized spacial score (nSPS) is 11.6. The molecule has 0 atom stereocenters. The number of hydrogen-bond acceptors (Lipinski definition) is 5. The average molecular weight is 311 g/mol. The molecular formula is C13H17N3O2S2. The van der Waals surface area contributed by atoms with Crippen molar-refractivity contribution in [3.63, 3.8) is 0 Å². The van der Waals surface area contributed by atoms with Gasteiger partial charge in [0, 0.05) is 0 Å². The van der Waals surface area contributed by atoms with Gasteiger partial charge < -0.3 is 0 Å². The molecule has 0 aliphatic rings. The number of nitrogens with one attached hydrogen (secondary N) is 1. The third-order valence-electron chi connectivity index (χ3n) is 2.86. The van der Waals surface area contributed by atoms with Gasteiger partial charge in [0.25, 0.3) is 10.0 Å². The number of benzene rings is 1. The maximum Gasteiger partial charge on any atom is 0.264 e. The molecule has 108 valence electrons. The number of aryl methyl sites for hydroxylation is 4. The first-order valence-electron chi connectivity index (χ1n) is 6.26. The van der Waals surface area contributed by atoms with Crippen molar-refractivity contribution >= 4 is 26.5 Å². The molecule has 0 fully saturated rings. The van der Waals surface area contributed by atoms with Crippen molar-refractivity contribution < 1.29 is 8.42 Å². The molecule has 0 aliphatic carbocycles. The van der Waals surface area contributed by atoms with E-state index in [1.54, 1.807) is 13.8 Å². The molecule has 0 amide bonds. The molecule has 7 heteroatoms. The van der Waals surface area contributed by atoms with Crippen LogP contribution in [0.15, 0.2) is 17.0 Å². The van der Waals surface area contributed by atoms with E-state index in [4.69, 9.17) is 0 Å². The lowest BCUT2D eigenvalue weighted by Crippen LogP contribution is -2.15. The Morgan fingerprint density at radius 2 is 1.75 bits per heavy atom. The minimum absolute atomic E-state index is 0.307. The minimum atomic E-state index is -3.63. The molecular weight excluding hydrogens is 294 g/mol. The first-order valence-corrected chi connectivity index (χ1v) is 8.56. The summed E-state index contributed by atoms with van der Waals surface area (Å²) in [6.45, 7) is 7.49. The standard InChI is InChI=1S/C13H17N3O2S2/c1-5-11-14-15-13(19-11)16-20(17,18)12-9(3)6-8(2)7-10(12)4/h6-7H,5H2,1-4H3,(H,15,16). The second-order valence-corrected chi connectivity index (χ2v) is 7.37. The second kappa shape index (κ2) is 5.49. The Morgan fingerprint density at radius 1 is 1.15 bits per heavy atom. The van der Waals surface area contributed by atoms with Gasteiger partial charge in [0.05, 0.1) is 4.90 Å². The van der Waals surface area contributed by atoms with Crippen molar-refractivity contribution in [2.45, 2.75) is 39.0 Å². The van der Waals surface area contributed by atoms with Gasteiger partial charge in [-0.2, -0.15) is 0 Å². The van der Waals surface area contributed by atoms with Gasteiger partial charge >= 0.3 is 0 Å². The van der Waals surface area contributed by atoms with E-state index in [0.717, 1.165) is 28.1 Å². The minimum Gasteiger partial charge on any atom is -0.253 e. The van der Waals surface area contributed by atoms with E-state index in [1.165, 1.54) is 11.3 Å². The van der Waals surface area contributed by atoms with Gasteiger partial charge in [0.15, 0.2) is 0 Å². The molecule has 0 aliphatic heterocycles. The molecule has 2 rings (SSSR count). The Labute approximate surface area is 123 Å². The molecule has 1 aromatic carbocycles. The van der Waals surface area contributed by atoms with Gasteiger partial charge in [-0.25, -0.2) is 8.42 Å². The zero-order valence-corrected chi connectivity index (χ0v) is 13.5. The van der Waals surface area contributed by atoms with Gasteiger partial charge in [0.2, 0.25) is 5.13 Å². The van der Waals surface area contributed by atoms with Crippen molar-refractivity contribution in [1.29, 1.82) is 0 Å². The predicted octanol–water partition coefficient (Wildman–Crippen LogP) is 2.83. The van der Waals surface area contributed by atoms with Crippen LogP contribution in [-0.4, -0.2) is 18.6 Å². The van der Waals surface area contributed by atoms with E-state index >= 15 is 0 Å². The lowest BCUT2D eigenvalue weighted by Gasteiger charge is -2.12. The van der Waals surface area contributed by atoms with Crippen molar-refractivity contribution in [3.8, 4) is 0 Å². The van der Waals surface area contributed by atoms with Gasteiger partial charge in [0.1, 0.15) is 5.01 Å². The van der Waals surface area contributed by atoms with E-state index in [9.17, 15) is 8.42 Å². The molecule has 0 unspecified atom stereocenters. The van der Waals surface area contributed by atoms with Crippen LogP contribution in [-0.2, 0) is 16.4 Å². The van der Waals surface area contributed by atoms with E-state index in [-0.39, 0.29) is 0 Å². The molecule has 0 spiro atoms. The summed E-state index contributed by atoms with van der Waals surface area (Å²) in [5, 5.41) is 8.88. The van der Waals surface area contributed by atoms with Crippen LogP contribution in [0.5, 0.6) is 0 Å². The number of nitrogens with zero attached hydrogens (tertiary/aromatic N) is 2. The monoisotopic (exact) mass is 311 g/mol. The SMILES string of the molecule is CCc1nnc(NS(=O)(=O)c2c(C)cc(C)cc2C)s1. The predicted molar refractivity (Wildman–Crippen MR) is 80.7 cm³/mol. The van der Waals surface area contributed by atoms with E-state index < -0.39 is 10.0 Å².